The summed E-state index contributed by atoms with van der Waals surface area (Å²) in [7, 11) is 0. The average Bonchev–Trinajstić information content (AvgIpc) is 3.08. The molecule has 2 aliphatic heterocycles. The van der Waals surface area contributed by atoms with E-state index in [1.807, 2.05) is 44.2 Å². The lowest BCUT2D eigenvalue weighted by Gasteiger charge is -2.45. The van der Waals surface area contributed by atoms with E-state index in [4.69, 9.17) is 9.47 Å². The monoisotopic (exact) mass is 446 g/mol. The lowest BCUT2D eigenvalue weighted by Crippen LogP contribution is -2.58. The van der Waals surface area contributed by atoms with Gasteiger partial charge < -0.3 is 29.9 Å². The molecule has 0 radical (unpaired) electrons. The second-order valence-corrected chi connectivity index (χ2v) is 10.1. The Balaban J connectivity index is 1.65. The van der Waals surface area contributed by atoms with Gasteiger partial charge in [0.25, 0.3) is 0 Å². The predicted octanol–water partition coefficient (Wildman–Crippen LogP) is 2.25. The lowest BCUT2D eigenvalue weighted by atomic mass is 9.89. The molecule has 4 N–H and O–H groups in total. The van der Waals surface area contributed by atoms with Crippen LogP contribution >= 0.6 is 11.8 Å². The molecular formula is C24H30O6S. The largest absolute Gasteiger partial charge is 0.491 e. The van der Waals surface area contributed by atoms with Gasteiger partial charge in [0, 0.05) is 5.56 Å². The standard InChI is InChI=1S/C24H30O6S/c1-13(2)30-18-6-4-15(5-7-18)9-16-10-19-17(8-14(16)3)12-29-24(19)23(28)22(27)21(26)20(11-25)31-24/h4-8,10,13,20-23,25-28H,9,11-12H2,1-3H3/t20-,21-,22+,23-,24+/m1/s1. The molecule has 0 aromatic heterocycles. The number of benzene rings is 2. The Hall–Kier alpha value is -1.61. The van der Waals surface area contributed by atoms with E-state index >= 15 is 0 Å². The minimum Gasteiger partial charge on any atom is -0.491 e. The predicted molar refractivity (Wildman–Crippen MR) is 119 cm³/mol. The maximum absolute atomic E-state index is 10.9. The van der Waals surface area contributed by atoms with Crippen molar-refractivity contribution in [1.29, 1.82) is 0 Å². The quantitative estimate of drug-likeness (QED) is 0.559. The van der Waals surface area contributed by atoms with Gasteiger partial charge in [0.15, 0.2) is 4.93 Å². The summed E-state index contributed by atoms with van der Waals surface area (Å²) >= 11 is 1.18. The van der Waals surface area contributed by atoms with E-state index in [2.05, 4.69) is 13.0 Å². The Morgan fingerprint density at radius 2 is 1.84 bits per heavy atom. The number of aliphatic hydroxyl groups is 4. The molecule has 1 saturated heterocycles. The summed E-state index contributed by atoms with van der Waals surface area (Å²) < 4.78 is 11.8. The second-order valence-electron chi connectivity index (χ2n) is 8.64. The Bertz CT molecular complexity index is 928. The van der Waals surface area contributed by atoms with E-state index in [-0.39, 0.29) is 12.7 Å². The first kappa shape index (κ1) is 22.6. The minimum absolute atomic E-state index is 0.122. The first-order valence-corrected chi connectivity index (χ1v) is 11.5. The van der Waals surface area contributed by atoms with Gasteiger partial charge >= 0.3 is 0 Å². The minimum atomic E-state index is -1.40. The van der Waals surface area contributed by atoms with Gasteiger partial charge in [0.2, 0.25) is 0 Å². The van der Waals surface area contributed by atoms with Gasteiger partial charge in [-0.3, -0.25) is 0 Å². The number of aryl methyl sites for hydroxylation is 1. The van der Waals surface area contributed by atoms with Crippen molar-refractivity contribution in [2.75, 3.05) is 6.61 Å². The van der Waals surface area contributed by atoms with Crippen LogP contribution < -0.4 is 4.74 Å². The lowest BCUT2D eigenvalue weighted by molar-refractivity contribution is -0.147. The average molecular weight is 447 g/mol. The van der Waals surface area contributed by atoms with Crippen LogP contribution in [0.2, 0.25) is 0 Å². The number of rotatable bonds is 5. The Kier molecular flexibility index (Phi) is 6.36. The smallest absolute Gasteiger partial charge is 0.168 e. The van der Waals surface area contributed by atoms with Crippen LogP contribution in [0.25, 0.3) is 0 Å². The van der Waals surface area contributed by atoms with Crippen LogP contribution in [0.4, 0.5) is 0 Å². The normalized spacial score (nSPS) is 30.1. The van der Waals surface area contributed by atoms with Gasteiger partial charge in [-0.15, -0.1) is 11.8 Å². The highest BCUT2D eigenvalue weighted by molar-refractivity contribution is 8.00. The van der Waals surface area contributed by atoms with E-state index in [0.29, 0.717) is 13.0 Å². The van der Waals surface area contributed by atoms with E-state index < -0.39 is 28.5 Å². The van der Waals surface area contributed by atoms with Gasteiger partial charge in [-0.05, 0) is 61.6 Å². The van der Waals surface area contributed by atoms with Gasteiger partial charge in [0.05, 0.1) is 30.7 Å². The van der Waals surface area contributed by atoms with Crippen LogP contribution in [0.15, 0.2) is 36.4 Å². The van der Waals surface area contributed by atoms with Gasteiger partial charge in [-0.1, -0.05) is 24.3 Å². The van der Waals surface area contributed by atoms with Crippen molar-refractivity contribution in [3.05, 3.63) is 64.2 Å². The topological polar surface area (TPSA) is 99.4 Å². The van der Waals surface area contributed by atoms with Crippen LogP contribution in [-0.2, 0) is 22.7 Å². The first-order valence-electron chi connectivity index (χ1n) is 10.6. The number of hydrogen-bond acceptors (Lipinski definition) is 7. The molecule has 0 bridgehead atoms. The number of aliphatic hydroxyl groups excluding tert-OH is 4. The van der Waals surface area contributed by atoms with Crippen molar-refractivity contribution in [2.45, 2.75) is 68.4 Å². The molecule has 168 valence electrons. The molecule has 0 saturated carbocycles. The fourth-order valence-corrected chi connectivity index (χ4v) is 5.92. The Labute approximate surface area is 186 Å². The van der Waals surface area contributed by atoms with Crippen LogP contribution in [0.1, 0.15) is 41.7 Å². The van der Waals surface area contributed by atoms with Gasteiger partial charge in [-0.25, -0.2) is 0 Å². The molecule has 7 heteroatoms. The summed E-state index contributed by atoms with van der Waals surface area (Å²) in [5.74, 6) is 0.834. The maximum Gasteiger partial charge on any atom is 0.168 e. The molecule has 2 heterocycles. The molecule has 1 spiro atoms. The highest BCUT2D eigenvalue weighted by Crippen LogP contribution is 2.54. The maximum atomic E-state index is 10.9. The molecule has 31 heavy (non-hydrogen) atoms. The van der Waals surface area contributed by atoms with E-state index in [0.717, 1.165) is 33.6 Å². The van der Waals surface area contributed by atoms with Crippen LogP contribution in [-0.4, -0.2) is 56.7 Å². The Morgan fingerprint density at radius 1 is 1.13 bits per heavy atom. The highest BCUT2D eigenvalue weighted by Gasteiger charge is 2.57. The first-order chi connectivity index (χ1) is 14.7. The number of ether oxygens (including phenoxy) is 2. The molecule has 2 aromatic carbocycles. The molecular weight excluding hydrogens is 416 g/mol. The Morgan fingerprint density at radius 3 is 2.48 bits per heavy atom. The molecule has 2 aliphatic rings. The van der Waals surface area contributed by atoms with Gasteiger partial charge in [-0.2, -0.15) is 0 Å². The second kappa shape index (κ2) is 8.73. The summed E-state index contributed by atoms with van der Waals surface area (Å²) in [4.78, 5) is -1.21. The van der Waals surface area contributed by atoms with Crippen molar-refractivity contribution >= 4 is 11.8 Å². The summed E-state index contributed by atoms with van der Waals surface area (Å²) in [6.45, 7) is 6.03. The van der Waals surface area contributed by atoms with Crippen molar-refractivity contribution < 1.29 is 29.9 Å². The summed E-state index contributed by atoms with van der Waals surface area (Å²) in [6, 6.07) is 12.1. The molecule has 0 amide bonds. The van der Waals surface area contributed by atoms with E-state index in [9.17, 15) is 20.4 Å². The third kappa shape index (κ3) is 4.11. The van der Waals surface area contributed by atoms with Gasteiger partial charge in [0.1, 0.15) is 18.0 Å². The van der Waals surface area contributed by atoms with E-state index in [1.54, 1.807) is 0 Å². The molecule has 0 aliphatic carbocycles. The molecule has 4 rings (SSSR count). The fourth-order valence-electron chi connectivity index (χ4n) is 4.37. The molecule has 0 unspecified atom stereocenters. The summed E-state index contributed by atoms with van der Waals surface area (Å²) in [6.07, 6.45) is -3.11. The van der Waals surface area contributed by atoms with Crippen molar-refractivity contribution in [2.24, 2.45) is 0 Å². The number of fused-ring (bicyclic) bond motifs is 2. The zero-order valence-electron chi connectivity index (χ0n) is 18.0. The van der Waals surface area contributed by atoms with Crippen molar-refractivity contribution in [3.63, 3.8) is 0 Å². The molecule has 6 nitrogen and oxygen atoms in total. The summed E-state index contributed by atoms with van der Waals surface area (Å²) in [5, 5.41) is 40.5. The zero-order chi connectivity index (χ0) is 22.3. The molecule has 2 aromatic rings. The van der Waals surface area contributed by atoms with E-state index in [1.165, 1.54) is 11.8 Å². The number of thioether (sulfide) groups is 1. The summed E-state index contributed by atoms with van der Waals surface area (Å²) in [5.41, 5.74) is 5.10. The highest BCUT2D eigenvalue weighted by atomic mass is 32.2. The molecule has 5 atom stereocenters. The van der Waals surface area contributed by atoms with Crippen LogP contribution in [0.5, 0.6) is 5.75 Å². The fraction of sp³-hybridized carbons (Fsp3) is 0.500. The van der Waals surface area contributed by atoms with Crippen molar-refractivity contribution in [3.8, 4) is 5.75 Å². The van der Waals surface area contributed by atoms with Crippen LogP contribution in [0.3, 0.4) is 0 Å². The number of hydrogen-bond donors (Lipinski definition) is 4. The third-order valence-corrected chi connectivity index (χ3v) is 7.68. The molecule has 1 fully saturated rings. The SMILES string of the molecule is Cc1cc2c(cc1Cc1ccc(OC(C)C)cc1)[C@]1(OC2)S[C@H](CO)[C@@H](O)[C@H](O)[C@H]1O. The zero-order valence-corrected chi connectivity index (χ0v) is 18.8. The van der Waals surface area contributed by atoms with Crippen molar-refractivity contribution in [1.82, 2.24) is 0 Å². The third-order valence-electron chi connectivity index (χ3n) is 6.02. The van der Waals surface area contributed by atoms with Crippen LogP contribution in [0, 0.1) is 6.92 Å².